The topological polar surface area (TPSA) is 145 Å². The Labute approximate surface area is 266 Å². The molecule has 1 atom stereocenters. The van der Waals surface area contributed by atoms with Crippen molar-refractivity contribution in [2.24, 2.45) is 0 Å². The lowest BCUT2D eigenvalue weighted by molar-refractivity contribution is -0.139. The molecular formula is C34H39N3O9. The van der Waals surface area contributed by atoms with Gasteiger partial charge in [0.05, 0.1) is 26.4 Å². The number of imide groups is 1. The highest BCUT2D eigenvalue weighted by atomic mass is 16.5. The van der Waals surface area contributed by atoms with Gasteiger partial charge in [0.15, 0.2) is 0 Å². The van der Waals surface area contributed by atoms with Crippen LogP contribution in [0.5, 0.6) is 5.75 Å². The number of amides is 4. The number of nitrogens with one attached hydrogen (secondary N) is 1. The standard InChI is InChI=1S/C34H39N3O9/c1-23-6-8-25(9-7-23)33(45-26-10-11-27-24(2)21-32(41)46-28(27)22-26)34(42)36(3)16-18-44-20-19-43-17-14-35-29(38)5-4-15-37-30(39)12-13-31(37)40/h6-13,21-22,33H,4-5,14-20H2,1-3H3,(H,35,38). The number of carbonyl (C=O) groups is 4. The third-order valence-electron chi connectivity index (χ3n) is 7.36. The molecule has 1 aliphatic rings. The quantitative estimate of drug-likeness (QED) is 0.135. The van der Waals surface area contributed by atoms with Crippen LogP contribution in [0.3, 0.4) is 0 Å². The Morgan fingerprint density at radius 2 is 1.61 bits per heavy atom. The number of fused-ring (bicyclic) bond motifs is 1. The van der Waals surface area contributed by atoms with Gasteiger partial charge in [0.25, 0.3) is 17.7 Å². The third kappa shape index (κ3) is 9.59. The van der Waals surface area contributed by atoms with Crippen molar-refractivity contribution < 1.29 is 37.8 Å². The van der Waals surface area contributed by atoms with Crippen LogP contribution in [-0.2, 0) is 28.7 Å². The van der Waals surface area contributed by atoms with Gasteiger partial charge in [-0.25, -0.2) is 4.79 Å². The van der Waals surface area contributed by atoms with E-state index in [1.807, 2.05) is 38.1 Å². The van der Waals surface area contributed by atoms with Gasteiger partial charge in [0, 0.05) is 68.3 Å². The van der Waals surface area contributed by atoms with Gasteiger partial charge >= 0.3 is 5.63 Å². The van der Waals surface area contributed by atoms with E-state index < -0.39 is 11.7 Å². The average molecular weight is 634 g/mol. The number of hydrogen-bond donors (Lipinski definition) is 1. The maximum atomic E-state index is 13.5. The molecule has 1 unspecified atom stereocenters. The number of benzene rings is 2. The number of hydrogen-bond acceptors (Lipinski definition) is 9. The van der Waals surface area contributed by atoms with E-state index in [2.05, 4.69) is 5.32 Å². The summed E-state index contributed by atoms with van der Waals surface area (Å²) in [5, 5.41) is 3.52. The van der Waals surface area contributed by atoms with Gasteiger partial charge in [-0.2, -0.15) is 0 Å². The molecule has 4 amide bonds. The minimum atomic E-state index is -0.930. The lowest BCUT2D eigenvalue weighted by Gasteiger charge is -2.25. The second-order valence-electron chi connectivity index (χ2n) is 10.9. The summed E-state index contributed by atoms with van der Waals surface area (Å²) < 4.78 is 22.7. The van der Waals surface area contributed by atoms with Crippen LogP contribution in [0.2, 0.25) is 0 Å². The molecule has 0 radical (unpaired) electrons. The van der Waals surface area contributed by atoms with Crippen LogP contribution in [0.15, 0.2) is 69.9 Å². The normalized spacial score (nSPS) is 13.3. The maximum Gasteiger partial charge on any atom is 0.336 e. The molecule has 46 heavy (non-hydrogen) atoms. The Balaban J connectivity index is 1.16. The summed E-state index contributed by atoms with van der Waals surface area (Å²) in [6, 6.07) is 14.1. The van der Waals surface area contributed by atoms with Gasteiger partial charge < -0.3 is 28.8 Å². The van der Waals surface area contributed by atoms with Crippen molar-refractivity contribution in [1.29, 1.82) is 0 Å². The zero-order chi connectivity index (χ0) is 33.1. The van der Waals surface area contributed by atoms with Crippen molar-refractivity contribution >= 4 is 34.6 Å². The highest BCUT2D eigenvalue weighted by molar-refractivity contribution is 6.12. The van der Waals surface area contributed by atoms with E-state index >= 15 is 0 Å². The monoisotopic (exact) mass is 633 g/mol. The summed E-state index contributed by atoms with van der Waals surface area (Å²) in [7, 11) is 1.68. The molecule has 0 aliphatic carbocycles. The molecule has 4 rings (SSSR count). The number of aryl methyl sites for hydroxylation is 2. The van der Waals surface area contributed by atoms with Gasteiger partial charge in [-0.1, -0.05) is 29.8 Å². The zero-order valence-corrected chi connectivity index (χ0v) is 26.3. The summed E-state index contributed by atoms with van der Waals surface area (Å²) in [4.78, 5) is 63.1. The number of nitrogens with zero attached hydrogens (tertiary/aromatic N) is 2. The molecule has 2 aromatic carbocycles. The Bertz CT molecular complexity index is 1610. The SMILES string of the molecule is Cc1ccc(C(Oc2ccc3c(C)cc(=O)oc3c2)C(=O)N(C)CCOCCOCCNC(=O)CCCN2C(=O)C=CC2=O)cc1. The number of likely N-dealkylation sites (N-methyl/N-ethyl adjacent to an activating group) is 1. The third-order valence-corrected chi connectivity index (χ3v) is 7.36. The minimum absolute atomic E-state index is 0.185. The van der Waals surface area contributed by atoms with Crippen LogP contribution in [0.25, 0.3) is 11.0 Å². The second-order valence-corrected chi connectivity index (χ2v) is 10.9. The van der Waals surface area contributed by atoms with E-state index in [1.165, 1.54) is 23.1 Å². The Hall–Kier alpha value is -4.81. The van der Waals surface area contributed by atoms with Crippen molar-refractivity contribution in [2.45, 2.75) is 32.8 Å². The van der Waals surface area contributed by atoms with Gasteiger partial charge in [-0.3, -0.25) is 24.1 Å². The molecule has 2 heterocycles. The summed E-state index contributed by atoms with van der Waals surface area (Å²) in [6.07, 6.45) is 2.09. The van der Waals surface area contributed by atoms with Crippen LogP contribution >= 0.6 is 0 Å². The molecule has 3 aromatic rings. The van der Waals surface area contributed by atoms with E-state index in [4.69, 9.17) is 18.6 Å². The Morgan fingerprint density at radius 3 is 2.33 bits per heavy atom. The molecule has 1 N–H and O–H groups in total. The van der Waals surface area contributed by atoms with Crippen molar-refractivity contribution in [3.8, 4) is 5.75 Å². The van der Waals surface area contributed by atoms with Gasteiger partial charge in [0.1, 0.15) is 11.3 Å². The molecule has 244 valence electrons. The lowest BCUT2D eigenvalue weighted by Crippen LogP contribution is -2.36. The first kappa shape index (κ1) is 34.1. The van der Waals surface area contributed by atoms with Crippen LogP contribution in [0, 0.1) is 13.8 Å². The molecule has 0 bridgehead atoms. The molecule has 0 saturated heterocycles. The smallest absolute Gasteiger partial charge is 0.336 e. The largest absolute Gasteiger partial charge is 0.476 e. The average Bonchev–Trinajstić information content (AvgIpc) is 3.35. The first-order valence-electron chi connectivity index (χ1n) is 15.1. The molecule has 0 fully saturated rings. The molecule has 12 heteroatoms. The molecule has 0 saturated carbocycles. The first-order chi connectivity index (χ1) is 22.1. The summed E-state index contributed by atoms with van der Waals surface area (Å²) in [6.45, 7) is 5.83. The van der Waals surface area contributed by atoms with E-state index in [0.29, 0.717) is 56.2 Å². The number of ether oxygens (including phenoxy) is 3. The minimum Gasteiger partial charge on any atom is -0.476 e. The molecule has 1 aliphatic heterocycles. The van der Waals surface area contributed by atoms with Crippen LogP contribution in [0.4, 0.5) is 0 Å². The predicted octanol–water partition coefficient (Wildman–Crippen LogP) is 2.84. The molecular weight excluding hydrogens is 594 g/mol. The second kappa shape index (κ2) is 16.5. The van der Waals surface area contributed by atoms with Crippen LogP contribution in [0.1, 0.15) is 35.6 Å². The summed E-state index contributed by atoms with van der Waals surface area (Å²) in [5.74, 6) is -0.767. The lowest BCUT2D eigenvalue weighted by atomic mass is 10.1. The fourth-order valence-electron chi connectivity index (χ4n) is 4.75. The van der Waals surface area contributed by atoms with Crippen molar-refractivity contribution in [3.05, 3.63) is 87.8 Å². The van der Waals surface area contributed by atoms with E-state index in [1.54, 1.807) is 25.2 Å². The molecule has 0 spiro atoms. The van der Waals surface area contributed by atoms with Gasteiger partial charge in [-0.15, -0.1) is 0 Å². The van der Waals surface area contributed by atoms with Crippen molar-refractivity contribution in [1.82, 2.24) is 15.1 Å². The van der Waals surface area contributed by atoms with E-state index in [-0.39, 0.29) is 43.2 Å². The van der Waals surface area contributed by atoms with Crippen LogP contribution < -0.4 is 15.7 Å². The molecule has 12 nitrogen and oxygen atoms in total. The fourth-order valence-corrected chi connectivity index (χ4v) is 4.75. The van der Waals surface area contributed by atoms with Crippen molar-refractivity contribution in [3.63, 3.8) is 0 Å². The predicted molar refractivity (Wildman–Crippen MR) is 169 cm³/mol. The maximum absolute atomic E-state index is 13.5. The Kier molecular flexibility index (Phi) is 12.2. The molecule has 1 aromatic heterocycles. The van der Waals surface area contributed by atoms with Gasteiger partial charge in [-0.05, 0) is 38.0 Å². The van der Waals surface area contributed by atoms with E-state index in [0.717, 1.165) is 21.4 Å². The fraction of sp³-hybridized carbons (Fsp3) is 0.382. The van der Waals surface area contributed by atoms with Crippen molar-refractivity contribution in [2.75, 3.05) is 53.1 Å². The van der Waals surface area contributed by atoms with E-state index in [9.17, 15) is 24.0 Å². The first-order valence-corrected chi connectivity index (χ1v) is 15.1. The highest BCUT2D eigenvalue weighted by Crippen LogP contribution is 2.28. The zero-order valence-electron chi connectivity index (χ0n) is 26.3. The number of rotatable bonds is 17. The highest BCUT2D eigenvalue weighted by Gasteiger charge is 2.26. The summed E-state index contributed by atoms with van der Waals surface area (Å²) in [5.41, 5.74) is 2.45. The Morgan fingerprint density at radius 1 is 0.913 bits per heavy atom. The summed E-state index contributed by atoms with van der Waals surface area (Å²) >= 11 is 0. The van der Waals surface area contributed by atoms with Crippen LogP contribution in [-0.4, -0.2) is 86.5 Å². The number of carbonyl (C=O) groups excluding carboxylic acids is 4. The van der Waals surface area contributed by atoms with Gasteiger partial charge in [0.2, 0.25) is 12.0 Å².